The molecule has 0 radical (unpaired) electrons. The van der Waals surface area contributed by atoms with Gasteiger partial charge in [0.1, 0.15) is 5.78 Å². The van der Waals surface area contributed by atoms with Crippen LogP contribution in [-0.2, 0) is 4.79 Å². The van der Waals surface area contributed by atoms with E-state index in [0.29, 0.717) is 5.78 Å². The molecule has 1 saturated carbocycles. The topological polar surface area (TPSA) is 43.1 Å². The van der Waals surface area contributed by atoms with Crippen molar-refractivity contribution in [1.82, 2.24) is 0 Å². The normalized spacial score (nSPS) is 28.3. The van der Waals surface area contributed by atoms with Crippen LogP contribution >= 0.6 is 0 Å². The van der Waals surface area contributed by atoms with Crippen LogP contribution in [0.3, 0.4) is 0 Å². The van der Waals surface area contributed by atoms with Crippen molar-refractivity contribution >= 4 is 5.78 Å². The average molecular weight is 183 g/mol. The summed E-state index contributed by atoms with van der Waals surface area (Å²) in [4.78, 5) is 11.9. The number of nitrogens with two attached hydrogens (primary N) is 1. The van der Waals surface area contributed by atoms with Gasteiger partial charge in [0.05, 0.1) is 0 Å². The molecule has 0 aromatic rings. The molecule has 2 unspecified atom stereocenters. The second-order valence-electron chi connectivity index (χ2n) is 4.12. The maximum Gasteiger partial charge on any atom is 0.140 e. The standard InChI is InChI=1S/C11H21NO/c1-3-8(4-2)11(13)9-6-5-7-10(9)12/h8-10H,3-7,12H2,1-2H3. The van der Waals surface area contributed by atoms with Gasteiger partial charge in [0.2, 0.25) is 0 Å². The van der Waals surface area contributed by atoms with Gasteiger partial charge in [-0.1, -0.05) is 20.3 Å². The van der Waals surface area contributed by atoms with E-state index in [4.69, 9.17) is 5.73 Å². The summed E-state index contributed by atoms with van der Waals surface area (Å²) in [6, 6.07) is 0.146. The Bertz CT molecular complexity index is 175. The van der Waals surface area contributed by atoms with Gasteiger partial charge in [0.25, 0.3) is 0 Å². The number of hydrogen-bond acceptors (Lipinski definition) is 2. The van der Waals surface area contributed by atoms with Gasteiger partial charge < -0.3 is 5.73 Å². The largest absolute Gasteiger partial charge is 0.327 e. The smallest absolute Gasteiger partial charge is 0.140 e. The van der Waals surface area contributed by atoms with Crippen molar-refractivity contribution in [2.24, 2.45) is 17.6 Å². The average Bonchev–Trinajstić information content (AvgIpc) is 2.53. The molecule has 0 aromatic carbocycles. The molecule has 76 valence electrons. The fourth-order valence-corrected chi connectivity index (χ4v) is 2.34. The van der Waals surface area contributed by atoms with Crippen molar-refractivity contribution in [1.29, 1.82) is 0 Å². The quantitative estimate of drug-likeness (QED) is 0.725. The van der Waals surface area contributed by atoms with E-state index in [1.807, 2.05) is 0 Å². The fraction of sp³-hybridized carbons (Fsp3) is 0.909. The van der Waals surface area contributed by atoms with Crippen molar-refractivity contribution in [3.8, 4) is 0 Å². The summed E-state index contributed by atoms with van der Waals surface area (Å²) in [5.41, 5.74) is 5.91. The second-order valence-corrected chi connectivity index (χ2v) is 4.12. The lowest BCUT2D eigenvalue weighted by Crippen LogP contribution is -2.34. The van der Waals surface area contributed by atoms with Gasteiger partial charge in [-0.25, -0.2) is 0 Å². The van der Waals surface area contributed by atoms with E-state index < -0.39 is 0 Å². The highest BCUT2D eigenvalue weighted by Crippen LogP contribution is 2.28. The number of Topliss-reactive ketones (excluding diaryl/α,β-unsaturated/α-hetero) is 1. The van der Waals surface area contributed by atoms with Crippen LogP contribution in [0.2, 0.25) is 0 Å². The van der Waals surface area contributed by atoms with Gasteiger partial charge in [0, 0.05) is 17.9 Å². The second kappa shape index (κ2) is 4.75. The highest BCUT2D eigenvalue weighted by atomic mass is 16.1. The van der Waals surface area contributed by atoms with E-state index in [9.17, 15) is 4.79 Å². The zero-order chi connectivity index (χ0) is 9.84. The molecular weight excluding hydrogens is 162 g/mol. The number of ketones is 1. The van der Waals surface area contributed by atoms with Gasteiger partial charge in [-0.3, -0.25) is 4.79 Å². The molecule has 1 rings (SSSR count). The molecule has 0 amide bonds. The minimum Gasteiger partial charge on any atom is -0.327 e. The number of rotatable bonds is 4. The van der Waals surface area contributed by atoms with Gasteiger partial charge in [-0.05, 0) is 25.7 Å². The Morgan fingerprint density at radius 2 is 2.00 bits per heavy atom. The molecule has 2 heteroatoms. The van der Waals surface area contributed by atoms with Crippen LogP contribution in [-0.4, -0.2) is 11.8 Å². The Balaban J connectivity index is 2.54. The lowest BCUT2D eigenvalue weighted by Gasteiger charge is -2.19. The third-order valence-corrected chi connectivity index (χ3v) is 3.32. The summed E-state index contributed by atoms with van der Waals surface area (Å²) in [5, 5.41) is 0. The van der Waals surface area contributed by atoms with E-state index >= 15 is 0 Å². The minimum atomic E-state index is 0.146. The minimum absolute atomic E-state index is 0.146. The summed E-state index contributed by atoms with van der Waals surface area (Å²) in [5.74, 6) is 0.856. The molecule has 1 fully saturated rings. The van der Waals surface area contributed by atoms with Crippen LogP contribution in [0.5, 0.6) is 0 Å². The molecule has 1 aliphatic rings. The maximum absolute atomic E-state index is 11.9. The highest BCUT2D eigenvalue weighted by molar-refractivity contribution is 5.84. The molecular formula is C11H21NO. The Hall–Kier alpha value is -0.370. The Kier molecular flexibility index (Phi) is 3.91. The van der Waals surface area contributed by atoms with Crippen molar-refractivity contribution in [3.63, 3.8) is 0 Å². The molecule has 1 aliphatic carbocycles. The van der Waals surface area contributed by atoms with E-state index in [2.05, 4.69) is 13.8 Å². The lowest BCUT2D eigenvalue weighted by atomic mass is 9.86. The third-order valence-electron chi connectivity index (χ3n) is 3.32. The number of hydrogen-bond donors (Lipinski definition) is 1. The molecule has 0 bridgehead atoms. The number of carbonyl (C=O) groups excluding carboxylic acids is 1. The van der Waals surface area contributed by atoms with Gasteiger partial charge >= 0.3 is 0 Å². The van der Waals surface area contributed by atoms with Crippen LogP contribution in [0.1, 0.15) is 46.0 Å². The van der Waals surface area contributed by atoms with Crippen molar-refractivity contribution in [2.45, 2.75) is 52.0 Å². The summed E-state index contributed by atoms with van der Waals surface area (Å²) < 4.78 is 0. The monoisotopic (exact) mass is 183 g/mol. The Labute approximate surface area is 80.9 Å². The molecule has 2 N–H and O–H groups in total. The summed E-state index contributed by atoms with van der Waals surface area (Å²) in [6.07, 6.45) is 5.14. The highest BCUT2D eigenvalue weighted by Gasteiger charge is 2.32. The van der Waals surface area contributed by atoms with Crippen LogP contribution in [0.4, 0.5) is 0 Å². The molecule has 2 nitrogen and oxygen atoms in total. The van der Waals surface area contributed by atoms with E-state index in [-0.39, 0.29) is 17.9 Å². The van der Waals surface area contributed by atoms with Gasteiger partial charge in [-0.2, -0.15) is 0 Å². The first-order chi connectivity index (χ1) is 6.20. The van der Waals surface area contributed by atoms with E-state index in [0.717, 1.165) is 32.1 Å². The maximum atomic E-state index is 11.9. The van der Waals surface area contributed by atoms with Crippen molar-refractivity contribution in [2.75, 3.05) is 0 Å². The first-order valence-electron chi connectivity index (χ1n) is 5.50. The zero-order valence-corrected chi connectivity index (χ0v) is 8.75. The van der Waals surface area contributed by atoms with Crippen LogP contribution in [0.25, 0.3) is 0 Å². The first-order valence-corrected chi connectivity index (χ1v) is 5.50. The summed E-state index contributed by atoms with van der Waals surface area (Å²) in [6.45, 7) is 4.18. The van der Waals surface area contributed by atoms with Crippen molar-refractivity contribution in [3.05, 3.63) is 0 Å². The molecule has 2 atom stereocenters. The van der Waals surface area contributed by atoms with Gasteiger partial charge in [-0.15, -0.1) is 0 Å². The Morgan fingerprint density at radius 3 is 2.38 bits per heavy atom. The molecule has 0 spiro atoms. The fourth-order valence-electron chi connectivity index (χ4n) is 2.34. The predicted molar refractivity (Wildman–Crippen MR) is 54.4 cm³/mol. The SMILES string of the molecule is CCC(CC)C(=O)C1CCCC1N. The molecule has 0 saturated heterocycles. The Morgan fingerprint density at radius 1 is 1.38 bits per heavy atom. The molecule has 0 aromatic heterocycles. The van der Waals surface area contributed by atoms with E-state index in [1.54, 1.807) is 0 Å². The first kappa shape index (κ1) is 10.7. The molecule has 0 aliphatic heterocycles. The summed E-state index contributed by atoms with van der Waals surface area (Å²) >= 11 is 0. The molecule has 13 heavy (non-hydrogen) atoms. The van der Waals surface area contributed by atoms with E-state index in [1.165, 1.54) is 0 Å². The van der Waals surface area contributed by atoms with Crippen molar-refractivity contribution < 1.29 is 4.79 Å². The van der Waals surface area contributed by atoms with Crippen LogP contribution in [0.15, 0.2) is 0 Å². The molecule has 0 heterocycles. The summed E-state index contributed by atoms with van der Waals surface area (Å²) in [7, 11) is 0. The van der Waals surface area contributed by atoms with Crippen LogP contribution < -0.4 is 5.73 Å². The van der Waals surface area contributed by atoms with Gasteiger partial charge in [0.15, 0.2) is 0 Å². The predicted octanol–water partition coefficient (Wildman–Crippen LogP) is 2.12. The zero-order valence-electron chi connectivity index (χ0n) is 8.75. The lowest BCUT2D eigenvalue weighted by molar-refractivity contribution is -0.127. The third kappa shape index (κ3) is 2.31. The van der Waals surface area contributed by atoms with Crippen LogP contribution in [0, 0.1) is 11.8 Å². The number of carbonyl (C=O) groups is 1.